The first kappa shape index (κ1) is 48.3. The summed E-state index contributed by atoms with van der Waals surface area (Å²) in [5, 5.41) is 22.8. The molecule has 0 saturated heterocycles. The van der Waals surface area contributed by atoms with Crippen molar-refractivity contribution >= 4 is 140 Å². The molecule has 0 aliphatic heterocycles. The van der Waals surface area contributed by atoms with Crippen LogP contribution in [-0.2, 0) is 0 Å². The van der Waals surface area contributed by atoms with Gasteiger partial charge in [-0.25, -0.2) is 0 Å². The van der Waals surface area contributed by atoms with Crippen molar-refractivity contribution in [2.45, 2.75) is 0 Å². The van der Waals surface area contributed by atoms with Gasteiger partial charge in [0.15, 0.2) is 0 Å². The number of thiophene rings is 1. The summed E-state index contributed by atoms with van der Waals surface area (Å²) in [4.78, 5) is 0. The monoisotopic (exact) mass is 1120 g/mol. The molecule has 0 unspecified atom stereocenters. The minimum atomic E-state index is 1.15. The van der Waals surface area contributed by atoms with Crippen LogP contribution in [0.5, 0.6) is 0 Å². The summed E-state index contributed by atoms with van der Waals surface area (Å²) in [5.74, 6) is 0. The zero-order chi connectivity index (χ0) is 56.8. The van der Waals surface area contributed by atoms with Crippen molar-refractivity contribution in [2.24, 2.45) is 0 Å². The maximum atomic E-state index is 2.48. The van der Waals surface area contributed by atoms with Crippen molar-refractivity contribution in [3.05, 3.63) is 303 Å². The highest BCUT2D eigenvalue weighted by Crippen LogP contribution is 2.47. The summed E-state index contributed by atoms with van der Waals surface area (Å²) in [5.41, 5.74) is 16.7. The van der Waals surface area contributed by atoms with Crippen LogP contribution >= 0.6 is 11.3 Å². The fourth-order valence-corrected chi connectivity index (χ4v) is 16.0. The lowest BCUT2D eigenvalue weighted by Gasteiger charge is -2.17. The maximum Gasteiger partial charge on any atom is 0.0541 e. The second-order valence-corrected chi connectivity index (χ2v) is 24.6. The average Bonchev–Trinajstić information content (AvgIpc) is 1.77. The Morgan fingerprint density at radius 3 is 1.06 bits per heavy atom. The molecule has 3 heteroatoms. The van der Waals surface area contributed by atoms with Gasteiger partial charge in [-0.3, -0.25) is 0 Å². The molecular formula is C84H50N2S. The van der Waals surface area contributed by atoms with E-state index in [-0.39, 0.29) is 0 Å². The highest BCUT2D eigenvalue weighted by atomic mass is 32.1. The zero-order valence-electron chi connectivity index (χ0n) is 47.2. The van der Waals surface area contributed by atoms with Gasteiger partial charge in [0.25, 0.3) is 0 Å². The number of fused-ring (bicyclic) bond motifs is 21. The van der Waals surface area contributed by atoms with E-state index in [1.54, 1.807) is 0 Å². The highest BCUT2D eigenvalue weighted by Gasteiger charge is 2.21. The first-order valence-electron chi connectivity index (χ1n) is 30.0. The van der Waals surface area contributed by atoms with E-state index in [0.717, 1.165) is 5.69 Å². The summed E-state index contributed by atoms with van der Waals surface area (Å²) >= 11 is 1.87. The molecule has 0 spiro atoms. The number of hydrogen-bond donors (Lipinski definition) is 0. The Bertz CT molecular complexity index is 6060. The molecule has 0 saturated carbocycles. The Hall–Kier alpha value is -11.1. The molecule has 3 aromatic heterocycles. The smallest absolute Gasteiger partial charge is 0.0541 e. The summed E-state index contributed by atoms with van der Waals surface area (Å²) in [7, 11) is 0. The molecule has 0 fully saturated rings. The number of benzene rings is 16. The van der Waals surface area contributed by atoms with Gasteiger partial charge in [-0.15, -0.1) is 11.3 Å². The van der Waals surface area contributed by atoms with Crippen LogP contribution in [0.15, 0.2) is 303 Å². The van der Waals surface area contributed by atoms with Gasteiger partial charge in [-0.1, -0.05) is 206 Å². The van der Waals surface area contributed by atoms with E-state index in [1.807, 2.05) is 11.3 Å². The fourth-order valence-electron chi connectivity index (χ4n) is 14.9. The lowest BCUT2D eigenvalue weighted by Crippen LogP contribution is -1.94. The van der Waals surface area contributed by atoms with E-state index in [1.165, 1.54) is 179 Å². The third-order valence-electron chi connectivity index (χ3n) is 18.8. The zero-order valence-corrected chi connectivity index (χ0v) is 48.0. The number of aromatic nitrogens is 2. The van der Waals surface area contributed by atoms with Crippen LogP contribution in [0.4, 0.5) is 0 Å². The summed E-state index contributed by atoms with van der Waals surface area (Å²) < 4.78 is 7.48. The van der Waals surface area contributed by atoms with E-state index >= 15 is 0 Å². The first-order chi connectivity index (χ1) is 43.1. The molecule has 0 radical (unpaired) electrons. The van der Waals surface area contributed by atoms with E-state index < -0.39 is 0 Å². The molecule has 402 valence electrons. The van der Waals surface area contributed by atoms with Gasteiger partial charge in [-0.2, -0.15) is 0 Å². The van der Waals surface area contributed by atoms with Crippen LogP contribution in [0.2, 0.25) is 0 Å². The summed E-state index contributed by atoms with van der Waals surface area (Å²) in [6.07, 6.45) is 0. The number of para-hydroxylation sites is 3. The van der Waals surface area contributed by atoms with Crippen molar-refractivity contribution in [1.29, 1.82) is 0 Å². The lowest BCUT2D eigenvalue weighted by molar-refractivity contribution is 1.18. The van der Waals surface area contributed by atoms with Crippen LogP contribution in [0.3, 0.4) is 0 Å². The molecular weight excluding hydrogens is 1070 g/mol. The van der Waals surface area contributed by atoms with Crippen LogP contribution in [0, 0.1) is 0 Å². The molecule has 3 heterocycles. The predicted molar refractivity (Wildman–Crippen MR) is 375 cm³/mol. The van der Waals surface area contributed by atoms with Gasteiger partial charge in [0.1, 0.15) is 0 Å². The van der Waals surface area contributed by atoms with Crippen molar-refractivity contribution in [1.82, 2.24) is 9.13 Å². The van der Waals surface area contributed by atoms with Crippen molar-refractivity contribution < 1.29 is 0 Å². The van der Waals surface area contributed by atoms with E-state index in [9.17, 15) is 0 Å². The molecule has 0 amide bonds. The summed E-state index contributed by atoms with van der Waals surface area (Å²) in [6, 6.07) is 114. The Labute approximate surface area is 504 Å². The average molecular weight is 1120 g/mol. The molecule has 19 aromatic rings. The minimum absolute atomic E-state index is 1.15. The van der Waals surface area contributed by atoms with E-state index in [4.69, 9.17) is 0 Å². The van der Waals surface area contributed by atoms with Crippen LogP contribution in [0.25, 0.3) is 184 Å². The molecule has 0 aliphatic carbocycles. The molecule has 0 bridgehead atoms. The lowest BCUT2D eigenvalue weighted by atomic mass is 9.86. The number of nitrogens with zero attached hydrogens (tertiary/aromatic N) is 2. The Morgan fingerprint density at radius 2 is 0.540 bits per heavy atom. The van der Waals surface area contributed by atoms with Crippen LogP contribution < -0.4 is 0 Å². The number of hydrogen-bond acceptors (Lipinski definition) is 1. The summed E-state index contributed by atoms with van der Waals surface area (Å²) in [6.45, 7) is 0. The Balaban J connectivity index is 0.761. The van der Waals surface area contributed by atoms with Gasteiger partial charge in [0.05, 0.1) is 22.1 Å². The largest absolute Gasteiger partial charge is 0.309 e. The third-order valence-corrected chi connectivity index (χ3v) is 20.0. The standard InChI is InChI=1S/C84H50N2S/c1-2-23-62-60(21-1)61-22-3-5-26-65(61)73-45-55(35-39-67(62)73)53-19-15-17-51(43-53)52-18-16-20-54(44-52)57-47-72(84-71-31-8-7-25-64(71)63-24-4-6-27-66(63)77(84)48-57)56-36-40-81-74(46-56)70-30-11-14-34-80(70)86(81)59-38-42-83-76(50-59)75-49-58(37-41-82(75)87-83)85-78-32-12-9-28-68(78)69-29-10-13-33-79(69)85/h1-50H. The topological polar surface area (TPSA) is 9.86 Å². The van der Waals surface area contributed by atoms with Gasteiger partial charge >= 0.3 is 0 Å². The fraction of sp³-hybridized carbons (Fsp3) is 0. The second-order valence-electron chi connectivity index (χ2n) is 23.5. The normalized spacial score (nSPS) is 12.1. The van der Waals surface area contributed by atoms with Crippen molar-refractivity contribution in [2.75, 3.05) is 0 Å². The molecule has 0 N–H and O–H groups in total. The number of rotatable bonds is 6. The molecule has 16 aromatic carbocycles. The van der Waals surface area contributed by atoms with E-state index in [0.29, 0.717) is 0 Å². The van der Waals surface area contributed by atoms with Gasteiger partial charge < -0.3 is 9.13 Å². The Kier molecular flexibility index (Phi) is 10.4. The molecule has 2 nitrogen and oxygen atoms in total. The van der Waals surface area contributed by atoms with Crippen LogP contribution in [-0.4, -0.2) is 9.13 Å². The Morgan fingerprint density at radius 1 is 0.184 bits per heavy atom. The van der Waals surface area contributed by atoms with Crippen molar-refractivity contribution in [3.8, 4) is 55.9 Å². The molecule has 0 aliphatic rings. The highest BCUT2D eigenvalue weighted by molar-refractivity contribution is 7.25. The van der Waals surface area contributed by atoms with E-state index in [2.05, 4.69) is 312 Å². The quantitative estimate of drug-likeness (QED) is 0.147. The second kappa shape index (κ2) is 18.7. The minimum Gasteiger partial charge on any atom is -0.309 e. The predicted octanol–water partition coefficient (Wildman–Crippen LogP) is 23.8. The first-order valence-corrected chi connectivity index (χ1v) is 30.9. The SMILES string of the molecule is c1cc(-c2cccc(-c3cc(-c4ccc5c(c4)c4ccccc4n5-c4ccc5sc6ccc(-n7c8ccccc8c8ccccc87)cc6c5c4)c4c5ccccc5c5ccccc5c4c3)c2)cc(-c2ccc3c4ccccc4c4ccccc4c3c2)c1. The van der Waals surface area contributed by atoms with Crippen LogP contribution in [0.1, 0.15) is 0 Å². The third kappa shape index (κ3) is 7.28. The molecule has 87 heavy (non-hydrogen) atoms. The van der Waals surface area contributed by atoms with Crippen molar-refractivity contribution in [3.63, 3.8) is 0 Å². The van der Waals surface area contributed by atoms with Gasteiger partial charge in [0, 0.05) is 53.1 Å². The maximum absolute atomic E-state index is 2.48. The molecule has 0 atom stereocenters. The van der Waals surface area contributed by atoms with Gasteiger partial charge in [-0.05, 0) is 206 Å². The molecule has 19 rings (SSSR count). The van der Waals surface area contributed by atoms with Gasteiger partial charge in [0.2, 0.25) is 0 Å².